The van der Waals surface area contributed by atoms with E-state index in [2.05, 4.69) is 10.6 Å². The summed E-state index contributed by atoms with van der Waals surface area (Å²) in [6, 6.07) is 11.3. The number of halogens is 1. The molecule has 1 atom stereocenters. The lowest BCUT2D eigenvalue weighted by molar-refractivity contribution is -0.137. The Bertz CT molecular complexity index is 1330. The third kappa shape index (κ3) is 7.17. The Morgan fingerprint density at radius 1 is 1.08 bits per heavy atom. The van der Waals surface area contributed by atoms with Crippen molar-refractivity contribution >= 4 is 29.3 Å². The van der Waals surface area contributed by atoms with Crippen LogP contribution in [-0.4, -0.2) is 40.0 Å². The van der Waals surface area contributed by atoms with Crippen molar-refractivity contribution in [3.63, 3.8) is 0 Å². The zero-order valence-corrected chi connectivity index (χ0v) is 21.1. The zero-order valence-electron chi connectivity index (χ0n) is 20.4. The number of nitrogens with one attached hydrogen (secondary N) is 2. The lowest BCUT2D eigenvalue weighted by Crippen LogP contribution is -2.36. The van der Waals surface area contributed by atoms with Crippen LogP contribution in [0, 0.1) is 0 Å². The molecule has 3 aromatic rings. The minimum absolute atomic E-state index is 0.0241. The van der Waals surface area contributed by atoms with Crippen LogP contribution < -0.4 is 25.7 Å². The Hall–Kier alpha value is -4.18. The zero-order chi connectivity index (χ0) is 26.9. The molecule has 0 radical (unpaired) electrons. The standard InChI is InChI=1S/C26H28ClN3O7/c1-3-36-17-8-5-7-16(13-17)20(14-23(32)33)28-26(35)29-24-21(31)11-12-30(25(24)34)15-18-19(27)9-6-10-22(18)37-4-2/h5-13,20,31H,3-4,14-15H2,1-2H3,(H,32,33)(H2,28,29,35). The molecule has 0 saturated carbocycles. The molecule has 37 heavy (non-hydrogen) atoms. The SMILES string of the molecule is CCOc1cccc(C(CC(=O)O)NC(=O)Nc2c(O)ccn(Cc3c(Cl)cccc3OCC)c2=O)c1. The molecule has 2 amide bonds. The highest BCUT2D eigenvalue weighted by Gasteiger charge is 2.21. The van der Waals surface area contributed by atoms with Gasteiger partial charge in [0.25, 0.3) is 5.56 Å². The highest BCUT2D eigenvalue weighted by molar-refractivity contribution is 6.31. The number of urea groups is 1. The van der Waals surface area contributed by atoms with Crippen LogP contribution in [0.15, 0.2) is 59.5 Å². The van der Waals surface area contributed by atoms with E-state index in [9.17, 15) is 24.6 Å². The van der Waals surface area contributed by atoms with Crippen molar-refractivity contribution in [3.05, 3.63) is 81.2 Å². The summed E-state index contributed by atoms with van der Waals surface area (Å²) >= 11 is 6.33. The van der Waals surface area contributed by atoms with Crippen molar-refractivity contribution in [1.82, 2.24) is 9.88 Å². The van der Waals surface area contributed by atoms with Gasteiger partial charge >= 0.3 is 12.0 Å². The van der Waals surface area contributed by atoms with E-state index in [1.54, 1.807) is 42.5 Å². The van der Waals surface area contributed by atoms with Gasteiger partial charge in [0.05, 0.1) is 32.2 Å². The Balaban J connectivity index is 1.85. The number of pyridine rings is 1. The number of amides is 2. The monoisotopic (exact) mass is 529 g/mol. The molecule has 3 rings (SSSR count). The number of hydrogen-bond acceptors (Lipinski definition) is 6. The second-order valence-corrected chi connectivity index (χ2v) is 8.32. The van der Waals surface area contributed by atoms with Crippen LogP contribution in [0.25, 0.3) is 0 Å². The molecule has 10 nitrogen and oxygen atoms in total. The molecule has 2 aromatic carbocycles. The first kappa shape index (κ1) is 27.4. The normalized spacial score (nSPS) is 11.4. The molecule has 0 aliphatic carbocycles. The number of hydrogen-bond donors (Lipinski definition) is 4. The van der Waals surface area contributed by atoms with Crippen molar-refractivity contribution in [2.24, 2.45) is 0 Å². The maximum Gasteiger partial charge on any atom is 0.319 e. The van der Waals surface area contributed by atoms with Gasteiger partial charge in [0.15, 0.2) is 5.69 Å². The first-order valence-corrected chi connectivity index (χ1v) is 12.0. The number of aliphatic carboxylic acids is 1. The number of carbonyl (C=O) groups excluding carboxylic acids is 1. The van der Waals surface area contributed by atoms with Crippen molar-refractivity contribution in [2.45, 2.75) is 32.9 Å². The molecule has 0 aliphatic heterocycles. The highest BCUT2D eigenvalue weighted by atomic mass is 35.5. The Labute approximate surface area is 218 Å². The lowest BCUT2D eigenvalue weighted by atomic mass is 10.0. The van der Waals surface area contributed by atoms with Crippen LogP contribution in [0.2, 0.25) is 5.02 Å². The van der Waals surface area contributed by atoms with E-state index >= 15 is 0 Å². The number of anilines is 1. The van der Waals surface area contributed by atoms with Gasteiger partial charge in [-0.15, -0.1) is 0 Å². The summed E-state index contributed by atoms with van der Waals surface area (Å²) in [5.41, 5.74) is -0.00178. The van der Waals surface area contributed by atoms with Crippen LogP contribution in [0.5, 0.6) is 17.2 Å². The number of carboxylic acid groups (broad SMARTS) is 1. The fourth-order valence-electron chi connectivity index (χ4n) is 3.68. The van der Waals surface area contributed by atoms with Crippen LogP contribution in [-0.2, 0) is 11.3 Å². The van der Waals surface area contributed by atoms with Gasteiger partial charge in [0, 0.05) is 16.8 Å². The van der Waals surface area contributed by atoms with E-state index in [1.807, 2.05) is 13.8 Å². The number of carboxylic acids is 1. The maximum atomic E-state index is 13.1. The smallest absolute Gasteiger partial charge is 0.319 e. The summed E-state index contributed by atoms with van der Waals surface area (Å²) in [4.78, 5) is 37.4. The highest BCUT2D eigenvalue weighted by Crippen LogP contribution is 2.28. The first-order valence-electron chi connectivity index (χ1n) is 11.6. The second-order valence-electron chi connectivity index (χ2n) is 7.91. The van der Waals surface area contributed by atoms with Gasteiger partial charge in [-0.3, -0.25) is 9.59 Å². The van der Waals surface area contributed by atoms with Crippen LogP contribution in [0.4, 0.5) is 10.5 Å². The van der Waals surface area contributed by atoms with E-state index in [4.69, 9.17) is 21.1 Å². The van der Waals surface area contributed by atoms with Gasteiger partial charge in [-0.25, -0.2) is 4.79 Å². The molecule has 4 N–H and O–H groups in total. The average molecular weight is 530 g/mol. The molecular formula is C26H28ClN3O7. The van der Waals surface area contributed by atoms with Gasteiger partial charge in [-0.1, -0.05) is 29.8 Å². The summed E-state index contributed by atoms with van der Waals surface area (Å²) in [6.07, 6.45) is 0.951. The number of aromatic nitrogens is 1. The molecule has 0 saturated heterocycles. The van der Waals surface area contributed by atoms with Crippen molar-refractivity contribution in [2.75, 3.05) is 18.5 Å². The number of nitrogens with zero attached hydrogens (tertiary/aromatic N) is 1. The van der Waals surface area contributed by atoms with E-state index < -0.39 is 35.8 Å². The summed E-state index contributed by atoms with van der Waals surface area (Å²) < 4.78 is 12.3. The molecule has 1 unspecified atom stereocenters. The Morgan fingerprint density at radius 2 is 1.81 bits per heavy atom. The van der Waals surface area contributed by atoms with E-state index in [-0.39, 0.29) is 12.2 Å². The van der Waals surface area contributed by atoms with Crippen molar-refractivity contribution < 1.29 is 29.3 Å². The third-order valence-electron chi connectivity index (χ3n) is 5.34. The van der Waals surface area contributed by atoms with E-state index in [0.29, 0.717) is 40.9 Å². The van der Waals surface area contributed by atoms with Gasteiger partial charge in [0.1, 0.15) is 17.2 Å². The lowest BCUT2D eigenvalue weighted by Gasteiger charge is -2.19. The molecule has 11 heteroatoms. The molecule has 196 valence electrons. The topological polar surface area (TPSA) is 139 Å². The summed E-state index contributed by atoms with van der Waals surface area (Å²) in [5, 5.41) is 24.9. The molecule has 0 fully saturated rings. The molecule has 0 bridgehead atoms. The predicted molar refractivity (Wildman–Crippen MR) is 139 cm³/mol. The van der Waals surface area contributed by atoms with E-state index in [0.717, 1.165) is 0 Å². The number of benzene rings is 2. The largest absolute Gasteiger partial charge is 0.505 e. The van der Waals surface area contributed by atoms with Gasteiger partial charge in [0.2, 0.25) is 0 Å². The molecule has 1 heterocycles. The van der Waals surface area contributed by atoms with Gasteiger partial charge < -0.3 is 34.9 Å². The van der Waals surface area contributed by atoms with Crippen molar-refractivity contribution in [3.8, 4) is 17.2 Å². The summed E-state index contributed by atoms with van der Waals surface area (Å²) in [6.45, 7) is 4.48. The maximum absolute atomic E-state index is 13.1. The second kappa shape index (κ2) is 12.7. The minimum Gasteiger partial charge on any atom is -0.505 e. The van der Waals surface area contributed by atoms with Gasteiger partial charge in [-0.05, 0) is 49.7 Å². The first-order chi connectivity index (χ1) is 17.7. The number of rotatable bonds is 11. The van der Waals surface area contributed by atoms with Crippen LogP contribution in [0.3, 0.4) is 0 Å². The predicted octanol–water partition coefficient (Wildman–Crippen LogP) is 4.39. The molecule has 0 aliphatic rings. The summed E-state index contributed by atoms with van der Waals surface area (Å²) in [7, 11) is 0. The third-order valence-corrected chi connectivity index (χ3v) is 5.70. The van der Waals surface area contributed by atoms with Crippen LogP contribution >= 0.6 is 11.6 Å². The minimum atomic E-state index is -1.14. The fraction of sp³-hybridized carbons (Fsp3) is 0.269. The van der Waals surface area contributed by atoms with E-state index in [1.165, 1.54) is 16.8 Å². The molecular weight excluding hydrogens is 502 g/mol. The molecule has 1 aromatic heterocycles. The average Bonchev–Trinajstić information content (AvgIpc) is 2.85. The van der Waals surface area contributed by atoms with Crippen molar-refractivity contribution in [1.29, 1.82) is 0 Å². The number of aromatic hydroxyl groups is 1. The van der Waals surface area contributed by atoms with Gasteiger partial charge in [-0.2, -0.15) is 0 Å². The van der Waals surface area contributed by atoms with Crippen LogP contribution in [0.1, 0.15) is 37.4 Å². The number of carbonyl (C=O) groups is 2. The quantitative estimate of drug-likeness (QED) is 0.289. The summed E-state index contributed by atoms with van der Waals surface area (Å²) in [5.74, 6) is -0.559. The Kier molecular flexibility index (Phi) is 9.39. The Morgan fingerprint density at radius 3 is 2.51 bits per heavy atom. The number of ether oxygens (including phenoxy) is 2. The fourth-order valence-corrected chi connectivity index (χ4v) is 3.91. The molecule has 0 spiro atoms.